The van der Waals surface area contributed by atoms with Crippen molar-refractivity contribution in [2.24, 2.45) is 10.8 Å². The lowest BCUT2D eigenvalue weighted by atomic mass is 9.55. The van der Waals surface area contributed by atoms with Crippen LogP contribution in [0.3, 0.4) is 0 Å². The van der Waals surface area contributed by atoms with E-state index in [1.54, 1.807) is 0 Å². The topological polar surface area (TPSA) is 0 Å². The van der Waals surface area contributed by atoms with E-state index in [2.05, 4.69) is 27.7 Å². The molecule has 10 heavy (non-hydrogen) atoms. The maximum absolute atomic E-state index is 6.14. The van der Waals surface area contributed by atoms with E-state index in [-0.39, 0.29) is 21.6 Å². The summed E-state index contributed by atoms with van der Waals surface area (Å²) in [5, 5.41) is 0.421. The molecule has 0 unspecified atom stereocenters. The summed E-state index contributed by atoms with van der Waals surface area (Å²) >= 11 is 12.3. The SMILES string of the molecule is CC1(C)C(Cl)C(C)(C)C1Cl. The monoisotopic (exact) mass is 180 g/mol. The van der Waals surface area contributed by atoms with Crippen LogP contribution in [0, 0.1) is 10.8 Å². The number of halogens is 2. The fourth-order valence-electron chi connectivity index (χ4n) is 2.08. The third-order valence-corrected chi connectivity index (χ3v) is 4.86. The van der Waals surface area contributed by atoms with Gasteiger partial charge in [0.05, 0.1) is 0 Å². The summed E-state index contributed by atoms with van der Waals surface area (Å²) in [5.74, 6) is 0. The van der Waals surface area contributed by atoms with Crippen molar-refractivity contribution in [3.05, 3.63) is 0 Å². The summed E-state index contributed by atoms with van der Waals surface area (Å²) in [6.45, 7) is 8.47. The Morgan fingerprint density at radius 3 is 1.10 bits per heavy atom. The summed E-state index contributed by atoms with van der Waals surface area (Å²) in [6.07, 6.45) is 0. The highest BCUT2D eigenvalue weighted by Crippen LogP contribution is 2.59. The molecule has 1 aliphatic rings. The predicted molar refractivity (Wildman–Crippen MR) is 46.8 cm³/mol. The molecule has 1 rings (SSSR count). The minimum Gasteiger partial charge on any atom is -0.122 e. The Morgan fingerprint density at radius 1 is 0.800 bits per heavy atom. The molecular formula is C8H14Cl2. The molecule has 60 valence electrons. The van der Waals surface area contributed by atoms with Gasteiger partial charge in [-0.05, 0) is 10.8 Å². The van der Waals surface area contributed by atoms with Crippen molar-refractivity contribution in [3.8, 4) is 0 Å². The lowest BCUT2D eigenvalue weighted by molar-refractivity contribution is 0.0382. The van der Waals surface area contributed by atoms with Gasteiger partial charge < -0.3 is 0 Å². The molecule has 0 saturated heterocycles. The summed E-state index contributed by atoms with van der Waals surface area (Å²) in [6, 6.07) is 0. The van der Waals surface area contributed by atoms with Crippen LogP contribution in [0.15, 0.2) is 0 Å². The molecule has 0 radical (unpaired) electrons. The molecule has 0 nitrogen and oxygen atoms in total. The first-order valence-corrected chi connectivity index (χ1v) is 4.46. The van der Waals surface area contributed by atoms with Crippen molar-refractivity contribution in [1.82, 2.24) is 0 Å². The molecule has 0 bridgehead atoms. The molecule has 0 aliphatic heterocycles. The minimum atomic E-state index is 0.104. The van der Waals surface area contributed by atoms with Gasteiger partial charge in [0.2, 0.25) is 0 Å². The Morgan fingerprint density at radius 2 is 1.00 bits per heavy atom. The van der Waals surface area contributed by atoms with E-state index in [1.807, 2.05) is 0 Å². The van der Waals surface area contributed by atoms with Crippen LogP contribution in [0.4, 0.5) is 0 Å². The first-order valence-electron chi connectivity index (χ1n) is 3.59. The van der Waals surface area contributed by atoms with Crippen LogP contribution in [0.25, 0.3) is 0 Å². The van der Waals surface area contributed by atoms with Crippen molar-refractivity contribution in [2.75, 3.05) is 0 Å². The van der Waals surface area contributed by atoms with Gasteiger partial charge >= 0.3 is 0 Å². The zero-order valence-electron chi connectivity index (χ0n) is 6.91. The molecular weight excluding hydrogens is 167 g/mol. The van der Waals surface area contributed by atoms with E-state index < -0.39 is 0 Å². The quantitative estimate of drug-likeness (QED) is 0.503. The molecule has 0 heterocycles. The number of hydrogen-bond acceptors (Lipinski definition) is 0. The number of hydrogen-bond donors (Lipinski definition) is 0. The summed E-state index contributed by atoms with van der Waals surface area (Å²) in [7, 11) is 0. The Kier molecular flexibility index (Phi) is 1.77. The molecule has 0 N–H and O–H groups in total. The van der Waals surface area contributed by atoms with E-state index in [0.29, 0.717) is 0 Å². The molecule has 1 fully saturated rings. The van der Waals surface area contributed by atoms with Crippen LogP contribution in [-0.2, 0) is 0 Å². The fraction of sp³-hybridized carbons (Fsp3) is 1.00. The zero-order valence-corrected chi connectivity index (χ0v) is 8.42. The van der Waals surface area contributed by atoms with Gasteiger partial charge in [0.1, 0.15) is 0 Å². The fourth-order valence-corrected chi connectivity index (χ4v) is 2.71. The largest absolute Gasteiger partial charge is 0.122 e. The van der Waals surface area contributed by atoms with Crippen LogP contribution in [0.1, 0.15) is 27.7 Å². The molecule has 0 aromatic carbocycles. The molecule has 0 spiro atoms. The standard InChI is InChI=1S/C8H14Cl2/c1-7(2)5(9)8(3,4)6(7)10/h5-6H,1-4H3. The van der Waals surface area contributed by atoms with E-state index in [0.717, 1.165) is 0 Å². The maximum Gasteiger partial charge on any atom is 0.0466 e. The molecule has 0 atom stereocenters. The molecule has 1 saturated carbocycles. The highest BCUT2D eigenvalue weighted by Gasteiger charge is 2.60. The van der Waals surface area contributed by atoms with Gasteiger partial charge in [-0.2, -0.15) is 0 Å². The third kappa shape index (κ3) is 0.816. The van der Waals surface area contributed by atoms with Crippen molar-refractivity contribution < 1.29 is 0 Å². The normalized spacial score (nSPS) is 42.6. The Labute approximate surface area is 72.9 Å². The van der Waals surface area contributed by atoms with Crippen molar-refractivity contribution in [3.63, 3.8) is 0 Å². The van der Waals surface area contributed by atoms with Gasteiger partial charge in [0.15, 0.2) is 0 Å². The van der Waals surface area contributed by atoms with Crippen LogP contribution in [0.5, 0.6) is 0 Å². The minimum absolute atomic E-state index is 0.104. The third-order valence-electron chi connectivity index (χ3n) is 2.61. The average molecular weight is 181 g/mol. The van der Waals surface area contributed by atoms with Gasteiger partial charge in [0.25, 0.3) is 0 Å². The zero-order chi connectivity index (χ0) is 8.15. The summed E-state index contributed by atoms with van der Waals surface area (Å²) < 4.78 is 0. The van der Waals surface area contributed by atoms with E-state index in [9.17, 15) is 0 Å². The van der Waals surface area contributed by atoms with Gasteiger partial charge in [-0.1, -0.05) is 27.7 Å². The van der Waals surface area contributed by atoms with Crippen LogP contribution < -0.4 is 0 Å². The highest BCUT2D eigenvalue weighted by molar-refractivity contribution is 6.28. The van der Waals surface area contributed by atoms with Gasteiger partial charge in [-0.15, -0.1) is 23.2 Å². The van der Waals surface area contributed by atoms with Crippen LogP contribution in [-0.4, -0.2) is 10.8 Å². The second-order valence-electron chi connectivity index (χ2n) is 4.37. The predicted octanol–water partition coefficient (Wildman–Crippen LogP) is 3.27. The number of rotatable bonds is 0. The smallest absolute Gasteiger partial charge is 0.0466 e. The molecule has 2 heteroatoms. The van der Waals surface area contributed by atoms with E-state index in [1.165, 1.54) is 0 Å². The summed E-state index contributed by atoms with van der Waals surface area (Å²) in [4.78, 5) is 0. The first-order chi connectivity index (χ1) is 4.31. The van der Waals surface area contributed by atoms with E-state index >= 15 is 0 Å². The first kappa shape index (κ1) is 8.67. The second-order valence-corrected chi connectivity index (χ2v) is 5.24. The summed E-state index contributed by atoms with van der Waals surface area (Å²) in [5.41, 5.74) is 0.208. The average Bonchev–Trinajstić information content (AvgIpc) is 1.84. The van der Waals surface area contributed by atoms with Gasteiger partial charge in [-0.25, -0.2) is 0 Å². The van der Waals surface area contributed by atoms with Crippen molar-refractivity contribution in [2.45, 2.75) is 38.4 Å². The van der Waals surface area contributed by atoms with Crippen LogP contribution in [0.2, 0.25) is 0 Å². The number of alkyl halides is 2. The Balaban J connectivity index is 2.78. The Bertz CT molecular complexity index is 119. The Hall–Kier alpha value is 0.580. The van der Waals surface area contributed by atoms with Crippen LogP contribution >= 0.6 is 23.2 Å². The maximum atomic E-state index is 6.14. The van der Waals surface area contributed by atoms with Gasteiger partial charge in [-0.3, -0.25) is 0 Å². The molecule has 0 amide bonds. The second kappa shape index (κ2) is 2.04. The molecule has 1 aliphatic carbocycles. The van der Waals surface area contributed by atoms with Gasteiger partial charge in [0, 0.05) is 10.8 Å². The van der Waals surface area contributed by atoms with E-state index in [4.69, 9.17) is 23.2 Å². The molecule has 0 aromatic heterocycles. The van der Waals surface area contributed by atoms with Crippen molar-refractivity contribution >= 4 is 23.2 Å². The lowest BCUT2D eigenvalue weighted by Crippen LogP contribution is -2.62. The lowest BCUT2D eigenvalue weighted by Gasteiger charge is -2.59. The highest BCUT2D eigenvalue weighted by atomic mass is 35.5. The van der Waals surface area contributed by atoms with Crippen molar-refractivity contribution in [1.29, 1.82) is 0 Å². The molecule has 0 aromatic rings.